The average molecular weight is 274 g/mol. The minimum atomic E-state index is -0.582. The van der Waals surface area contributed by atoms with E-state index in [-0.39, 0.29) is 17.5 Å². The SMILES string of the molecule is CCC(C)(C)C(=O)Oc1cccc2c(O)cc(O)cc12. The molecular weight excluding hydrogens is 256 g/mol. The first kappa shape index (κ1) is 14.2. The molecule has 0 bridgehead atoms. The van der Waals surface area contributed by atoms with Gasteiger partial charge in [-0.05, 0) is 32.4 Å². The predicted molar refractivity (Wildman–Crippen MR) is 77.0 cm³/mol. The van der Waals surface area contributed by atoms with Crippen molar-refractivity contribution in [1.82, 2.24) is 0 Å². The Kier molecular flexibility index (Phi) is 3.57. The Balaban J connectivity index is 2.48. The van der Waals surface area contributed by atoms with Crippen molar-refractivity contribution in [1.29, 1.82) is 0 Å². The van der Waals surface area contributed by atoms with Crippen LogP contribution < -0.4 is 4.74 Å². The molecule has 0 fully saturated rings. The van der Waals surface area contributed by atoms with E-state index in [9.17, 15) is 15.0 Å². The van der Waals surface area contributed by atoms with Gasteiger partial charge in [-0.25, -0.2) is 0 Å². The number of hydrogen-bond acceptors (Lipinski definition) is 4. The smallest absolute Gasteiger partial charge is 0.316 e. The van der Waals surface area contributed by atoms with Crippen LogP contribution >= 0.6 is 0 Å². The zero-order chi connectivity index (χ0) is 14.9. The van der Waals surface area contributed by atoms with Crippen molar-refractivity contribution in [3.05, 3.63) is 30.3 Å². The second kappa shape index (κ2) is 5.04. The molecule has 0 aromatic heterocycles. The number of hydrogen-bond donors (Lipinski definition) is 2. The minimum absolute atomic E-state index is 0.0485. The molecule has 0 unspecified atom stereocenters. The second-order valence-corrected chi connectivity index (χ2v) is 5.44. The van der Waals surface area contributed by atoms with Gasteiger partial charge in [0.15, 0.2) is 0 Å². The lowest BCUT2D eigenvalue weighted by Gasteiger charge is -2.20. The van der Waals surface area contributed by atoms with Crippen molar-refractivity contribution in [2.45, 2.75) is 27.2 Å². The van der Waals surface area contributed by atoms with E-state index >= 15 is 0 Å². The fourth-order valence-corrected chi connectivity index (χ4v) is 1.79. The maximum absolute atomic E-state index is 12.1. The summed E-state index contributed by atoms with van der Waals surface area (Å²) < 4.78 is 5.43. The summed E-state index contributed by atoms with van der Waals surface area (Å²) in [6.45, 7) is 5.55. The van der Waals surface area contributed by atoms with Crippen molar-refractivity contribution < 1.29 is 19.7 Å². The Morgan fingerprint density at radius 2 is 1.90 bits per heavy atom. The molecule has 2 N–H and O–H groups in total. The molecule has 2 rings (SSSR count). The van der Waals surface area contributed by atoms with Gasteiger partial charge in [-0.3, -0.25) is 4.79 Å². The van der Waals surface area contributed by atoms with Crippen molar-refractivity contribution in [2.24, 2.45) is 5.41 Å². The molecule has 0 spiro atoms. The predicted octanol–water partition coefficient (Wildman–Crippen LogP) is 3.59. The number of phenolic OH excluding ortho intramolecular Hbond substituents is 2. The van der Waals surface area contributed by atoms with Crippen LogP contribution in [0.2, 0.25) is 0 Å². The maximum Gasteiger partial charge on any atom is 0.316 e. The third kappa shape index (κ3) is 2.54. The van der Waals surface area contributed by atoms with Gasteiger partial charge in [0.05, 0.1) is 5.41 Å². The van der Waals surface area contributed by atoms with Crippen LogP contribution in [0.5, 0.6) is 17.2 Å². The molecule has 0 heterocycles. The summed E-state index contributed by atoms with van der Waals surface area (Å²) in [4.78, 5) is 12.1. The van der Waals surface area contributed by atoms with E-state index in [2.05, 4.69) is 0 Å². The number of esters is 1. The highest BCUT2D eigenvalue weighted by Gasteiger charge is 2.28. The summed E-state index contributed by atoms with van der Waals surface area (Å²) in [5.74, 6) is -0.128. The lowest BCUT2D eigenvalue weighted by molar-refractivity contribution is -0.144. The van der Waals surface area contributed by atoms with Gasteiger partial charge in [-0.2, -0.15) is 0 Å². The first-order valence-electron chi connectivity index (χ1n) is 6.52. The lowest BCUT2D eigenvalue weighted by Crippen LogP contribution is -2.28. The molecule has 0 aliphatic carbocycles. The number of fused-ring (bicyclic) bond motifs is 1. The van der Waals surface area contributed by atoms with Gasteiger partial charge in [0, 0.05) is 16.8 Å². The van der Waals surface area contributed by atoms with Crippen LogP contribution in [0.1, 0.15) is 27.2 Å². The number of carbonyl (C=O) groups is 1. The Hall–Kier alpha value is -2.23. The van der Waals surface area contributed by atoms with Crippen LogP contribution in [0, 0.1) is 5.41 Å². The zero-order valence-corrected chi connectivity index (χ0v) is 11.8. The molecule has 0 amide bonds. The maximum atomic E-state index is 12.1. The van der Waals surface area contributed by atoms with Crippen molar-refractivity contribution in [3.8, 4) is 17.2 Å². The fraction of sp³-hybridized carbons (Fsp3) is 0.312. The first-order chi connectivity index (χ1) is 9.35. The molecule has 106 valence electrons. The normalized spacial score (nSPS) is 11.6. The highest BCUT2D eigenvalue weighted by atomic mass is 16.5. The highest BCUT2D eigenvalue weighted by Crippen LogP contribution is 2.36. The van der Waals surface area contributed by atoms with Crippen LogP contribution in [0.3, 0.4) is 0 Å². The van der Waals surface area contributed by atoms with E-state index < -0.39 is 5.41 Å². The summed E-state index contributed by atoms with van der Waals surface area (Å²) in [6, 6.07) is 7.76. The molecule has 0 saturated carbocycles. The van der Waals surface area contributed by atoms with E-state index in [1.165, 1.54) is 12.1 Å². The largest absolute Gasteiger partial charge is 0.508 e. The number of ether oxygens (including phenoxy) is 1. The zero-order valence-electron chi connectivity index (χ0n) is 11.8. The number of carbonyl (C=O) groups excluding carboxylic acids is 1. The standard InChI is InChI=1S/C16H18O4/c1-4-16(2,3)15(19)20-14-7-5-6-11-12(14)8-10(17)9-13(11)18/h5-9,17-18H,4H2,1-3H3. The van der Waals surface area contributed by atoms with Crippen molar-refractivity contribution >= 4 is 16.7 Å². The van der Waals surface area contributed by atoms with Crippen LogP contribution in [0.15, 0.2) is 30.3 Å². The number of benzene rings is 2. The molecule has 4 heteroatoms. The molecule has 0 aliphatic heterocycles. The monoisotopic (exact) mass is 274 g/mol. The van der Waals surface area contributed by atoms with Gasteiger partial charge in [-0.15, -0.1) is 0 Å². The third-order valence-electron chi connectivity index (χ3n) is 3.56. The first-order valence-corrected chi connectivity index (χ1v) is 6.52. The Labute approximate surface area is 117 Å². The summed E-state index contributed by atoms with van der Waals surface area (Å²) in [5, 5.41) is 20.4. The Morgan fingerprint density at radius 3 is 2.55 bits per heavy atom. The molecular formula is C16H18O4. The Morgan fingerprint density at radius 1 is 1.20 bits per heavy atom. The van der Waals surface area contributed by atoms with E-state index in [1.807, 2.05) is 20.8 Å². The summed E-state index contributed by atoms with van der Waals surface area (Å²) in [6.07, 6.45) is 0.660. The molecule has 0 aliphatic rings. The van der Waals surface area contributed by atoms with Gasteiger partial charge < -0.3 is 14.9 Å². The van der Waals surface area contributed by atoms with Crippen molar-refractivity contribution in [2.75, 3.05) is 0 Å². The average Bonchev–Trinajstić information content (AvgIpc) is 2.39. The van der Waals surface area contributed by atoms with E-state index in [0.29, 0.717) is 22.9 Å². The number of aromatic hydroxyl groups is 2. The van der Waals surface area contributed by atoms with Gasteiger partial charge in [-0.1, -0.05) is 19.1 Å². The van der Waals surface area contributed by atoms with Gasteiger partial charge in [0.1, 0.15) is 17.2 Å². The fourth-order valence-electron chi connectivity index (χ4n) is 1.79. The molecule has 0 atom stereocenters. The molecule has 2 aromatic rings. The topological polar surface area (TPSA) is 66.8 Å². The molecule has 0 saturated heterocycles. The number of phenols is 2. The second-order valence-electron chi connectivity index (χ2n) is 5.44. The lowest BCUT2D eigenvalue weighted by atomic mass is 9.90. The van der Waals surface area contributed by atoms with E-state index in [1.54, 1.807) is 18.2 Å². The highest BCUT2D eigenvalue weighted by molar-refractivity contribution is 5.95. The van der Waals surface area contributed by atoms with Gasteiger partial charge >= 0.3 is 5.97 Å². The Bertz CT molecular complexity index is 659. The quantitative estimate of drug-likeness (QED) is 0.663. The summed E-state index contributed by atoms with van der Waals surface area (Å²) >= 11 is 0. The summed E-state index contributed by atoms with van der Waals surface area (Å²) in [7, 11) is 0. The molecule has 20 heavy (non-hydrogen) atoms. The van der Waals surface area contributed by atoms with Crippen molar-refractivity contribution in [3.63, 3.8) is 0 Å². The molecule has 2 aromatic carbocycles. The van der Waals surface area contributed by atoms with E-state index in [4.69, 9.17) is 4.74 Å². The minimum Gasteiger partial charge on any atom is -0.508 e. The van der Waals surface area contributed by atoms with Crippen LogP contribution in [-0.2, 0) is 4.79 Å². The van der Waals surface area contributed by atoms with E-state index in [0.717, 1.165) is 0 Å². The summed E-state index contributed by atoms with van der Waals surface area (Å²) in [5.41, 5.74) is -0.582. The number of rotatable bonds is 3. The van der Waals surface area contributed by atoms with Gasteiger partial charge in [0.2, 0.25) is 0 Å². The molecule has 4 nitrogen and oxygen atoms in total. The third-order valence-corrected chi connectivity index (χ3v) is 3.56. The van der Waals surface area contributed by atoms with Gasteiger partial charge in [0.25, 0.3) is 0 Å². The molecule has 0 radical (unpaired) electrons. The van der Waals surface area contributed by atoms with Crippen LogP contribution in [0.25, 0.3) is 10.8 Å². The van der Waals surface area contributed by atoms with Crippen LogP contribution in [-0.4, -0.2) is 16.2 Å². The van der Waals surface area contributed by atoms with Crippen LogP contribution in [0.4, 0.5) is 0 Å².